The quantitative estimate of drug-likeness (QED) is 0.670. The number of morpholine rings is 1. The smallest absolute Gasteiger partial charge is 0.255 e. The van der Waals surface area contributed by atoms with Gasteiger partial charge in [0.25, 0.3) is 5.91 Å². The summed E-state index contributed by atoms with van der Waals surface area (Å²) in [6.07, 6.45) is -0.141. The Bertz CT molecular complexity index is 1020. The minimum atomic E-state index is -0.141. The molecule has 1 aliphatic heterocycles. The van der Waals surface area contributed by atoms with Crippen LogP contribution in [0.15, 0.2) is 60.7 Å². The third-order valence-electron chi connectivity index (χ3n) is 5.62. The van der Waals surface area contributed by atoms with Gasteiger partial charge in [-0.05, 0) is 31.5 Å². The number of nitrogens with zero attached hydrogens (tertiary/aromatic N) is 3. The molecule has 1 aliphatic rings. The molecule has 0 bridgehead atoms. The van der Waals surface area contributed by atoms with Crippen molar-refractivity contribution in [2.24, 2.45) is 0 Å². The number of aromatic nitrogens is 1. The first-order valence-electron chi connectivity index (χ1n) is 10.0. The molecule has 2 heterocycles. The van der Waals surface area contributed by atoms with Crippen molar-refractivity contribution in [3.63, 3.8) is 0 Å². The van der Waals surface area contributed by atoms with Crippen molar-refractivity contribution >= 4 is 22.6 Å². The van der Waals surface area contributed by atoms with Gasteiger partial charge in [-0.15, -0.1) is 0 Å². The van der Waals surface area contributed by atoms with Crippen LogP contribution < -0.4 is 4.90 Å². The van der Waals surface area contributed by atoms with E-state index in [1.54, 1.807) is 0 Å². The third kappa shape index (κ3) is 3.58. The largest absolute Gasteiger partial charge is 0.369 e. The maximum absolute atomic E-state index is 13.8. The van der Waals surface area contributed by atoms with Crippen LogP contribution in [0.2, 0.25) is 0 Å². The molecular weight excluding hydrogens is 362 g/mol. The molecule has 3 aromatic rings. The number of hydrogen-bond acceptors (Lipinski definition) is 4. The van der Waals surface area contributed by atoms with Crippen LogP contribution in [-0.2, 0) is 4.74 Å². The molecule has 5 heteroatoms. The molecule has 150 valence electrons. The fraction of sp³-hybridized carbons (Fsp3) is 0.333. The standard InChI is InChI=1S/C24H27N3O2/c1-16-15-29-23(18-10-6-5-7-11-18)17(2)27(16)24(28)20-14-22(26(3)4)25-21-13-9-8-12-19(20)21/h5-14,16-17,23H,15H2,1-4H3/t16-,17-,23+/m1/s1. The number of anilines is 1. The predicted octanol–water partition coefficient (Wildman–Crippen LogP) is 4.29. The Morgan fingerprint density at radius 3 is 2.48 bits per heavy atom. The molecular formula is C24H27N3O2. The number of carbonyl (C=O) groups is 1. The summed E-state index contributed by atoms with van der Waals surface area (Å²) in [6, 6.07) is 19.8. The second-order valence-electron chi connectivity index (χ2n) is 7.91. The van der Waals surface area contributed by atoms with Gasteiger partial charge in [-0.3, -0.25) is 4.79 Å². The van der Waals surface area contributed by atoms with Crippen molar-refractivity contribution in [2.45, 2.75) is 32.0 Å². The van der Waals surface area contributed by atoms with Gasteiger partial charge in [0, 0.05) is 19.5 Å². The molecule has 1 aromatic heterocycles. The van der Waals surface area contributed by atoms with Gasteiger partial charge in [-0.1, -0.05) is 48.5 Å². The van der Waals surface area contributed by atoms with Gasteiger partial charge in [-0.2, -0.15) is 0 Å². The zero-order valence-corrected chi connectivity index (χ0v) is 17.4. The highest BCUT2D eigenvalue weighted by atomic mass is 16.5. The maximum atomic E-state index is 13.8. The van der Waals surface area contributed by atoms with E-state index in [-0.39, 0.29) is 24.1 Å². The molecule has 29 heavy (non-hydrogen) atoms. The van der Waals surface area contributed by atoms with E-state index in [2.05, 4.69) is 19.1 Å². The Balaban J connectivity index is 1.76. The fourth-order valence-electron chi connectivity index (χ4n) is 4.12. The van der Waals surface area contributed by atoms with Crippen LogP contribution in [0.1, 0.15) is 35.9 Å². The number of ether oxygens (including phenoxy) is 1. The summed E-state index contributed by atoms with van der Waals surface area (Å²) in [5.74, 6) is 0.802. The van der Waals surface area contributed by atoms with E-state index < -0.39 is 0 Å². The molecule has 4 rings (SSSR count). The third-order valence-corrected chi connectivity index (χ3v) is 5.62. The molecule has 0 N–H and O–H groups in total. The van der Waals surface area contributed by atoms with Gasteiger partial charge in [0.15, 0.2) is 0 Å². The van der Waals surface area contributed by atoms with Gasteiger partial charge in [0.1, 0.15) is 11.9 Å². The van der Waals surface area contributed by atoms with Crippen molar-refractivity contribution in [3.8, 4) is 0 Å². The Morgan fingerprint density at radius 1 is 1.07 bits per heavy atom. The topological polar surface area (TPSA) is 45.7 Å². The molecule has 5 nitrogen and oxygen atoms in total. The summed E-state index contributed by atoms with van der Waals surface area (Å²) in [6.45, 7) is 4.63. The van der Waals surface area contributed by atoms with Gasteiger partial charge >= 0.3 is 0 Å². The fourth-order valence-corrected chi connectivity index (χ4v) is 4.12. The molecule has 0 saturated carbocycles. The molecule has 0 radical (unpaired) electrons. The first-order valence-corrected chi connectivity index (χ1v) is 10.0. The number of benzene rings is 2. The lowest BCUT2D eigenvalue weighted by Gasteiger charge is -2.44. The minimum absolute atomic E-state index is 0.00723. The molecule has 0 aliphatic carbocycles. The second kappa shape index (κ2) is 7.84. The summed E-state index contributed by atoms with van der Waals surface area (Å²) in [5.41, 5.74) is 2.61. The van der Waals surface area contributed by atoms with Crippen LogP contribution in [0.3, 0.4) is 0 Å². The molecule has 1 amide bonds. The molecule has 2 aromatic carbocycles. The van der Waals surface area contributed by atoms with Crippen LogP contribution in [-0.4, -0.2) is 48.6 Å². The lowest BCUT2D eigenvalue weighted by Crippen LogP contribution is -2.53. The van der Waals surface area contributed by atoms with E-state index in [1.165, 1.54) is 0 Å². The Kier molecular flexibility index (Phi) is 5.24. The van der Waals surface area contributed by atoms with Crippen LogP contribution in [0, 0.1) is 0 Å². The van der Waals surface area contributed by atoms with Crippen molar-refractivity contribution in [3.05, 3.63) is 71.8 Å². The highest BCUT2D eigenvalue weighted by Crippen LogP contribution is 2.33. The Morgan fingerprint density at radius 2 is 1.76 bits per heavy atom. The van der Waals surface area contributed by atoms with Crippen molar-refractivity contribution in [1.29, 1.82) is 0 Å². The van der Waals surface area contributed by atoms with Crippen molar-refractivity contribution in [2.75, 3.05) is 25.6 Å². The summed E-state index contributed by atoms with van der Waals surface area (Å²) < 4.78 is 6.14. The number of carbonyl (C=O) groups excluding carboxylic acids is 1. The van der Waals surface area contributed by atoms with Crippen molar-refractivity contribution < 1.29 is 9.53 Å². The molecule has 3 atom stereocenters. The number of rotatable bonds is 3. The first kappa shape index (κ1) is 19.4. The van der Waals surface area contributed by atoms with E-state index in [4.69, 9.17) is 9.72 Å². The molecule has 0 spiro atoms. The number of hydrogen-bond donors (Lipinski definition) is 0. The predicted molar refractivity (Wildman–Crippen MR) is 116 cm³/mol. The Labute approximate surface area is 171 Å². The summed E-state index contributed by atoms with van der Waals surface area (Å²) in [5, 5.41) is 0.880. The molecule has 1 fully saturated rings. The zero-order valence-electron chi connectivity index (χ0n) is 17.4. The summed E-state index contributed by atoms with van der Waals surface area (Å²) in [4.78, 5) is 22.4. The zero-order chi connectivity index (χ0) is 20.5. The van der Waals surface area contributed by atoms with Crippen molar-refractivity contribution in [1.82, 2.24) is 9.88 Å². The van der Waals surface area contributed by atoms with E-state index in [1.807, 2.05) is 79.3 Å². The van der Waals surface area contributed by atoms with E-state index in [9.17, 15) is 4.79 Å². The number of pyridine rings is 1. The Hall–Kier alpha value is -2.92. The monoisotopic (exact) mass is 389 g/mol. The van der Waals surface area contributed by atoms with Crippen LogP contribution in [0.25, 0.3) is 10.9 Å². The molecule has 0 unspecified atom stereocenters. The first-order chi connectivity index (χ1) is 14.0. The van der Waals surface area contributed by atoms with Crippen LogP contribution in [0.5, 0.6) is 0 Å². The van der Waals surface area contributed by atoms with E-state index >= 15 is 0 Å². The summed E-state index contributed by atoms with van der Waals surface area (Å²) in [7, 11) is 3.88. The molecule has 1 saturated heterocycles. The summed E-state index contributed by atoms with van der Waals surface area (Å²) >= 11 is 0. The van der Waals surface area contributed by atoms with Gasteiger partial charge < -0.3 is 14.5 Å². The SMILES string of the molecule is C[C@@H]1CO[C@H](c2ccccc2)[C@@H](C)N1C(=O)c1cc(N(C)C)nc2ccccc12. The average Bonchev–Trinajstić information content (AvgIpc) is 2.73. The van der Waals surface area contributed by atoms with Crippen LogP contribution in [0.4, 0.5) is 5.82 Å². The van der Waals surface area contributed by atoms with E-state index in [0.717, 1.165) is 22.3 Å². The lowest BCUT2D eigenvalue weighted by atomic mass is 9.97. The van der Waals surface area contributed by atoms with Gasteiger partial charge in [0.05, 0.1) is 29.8 Å². The van der Waals surface area contributed by atoms with E-state index in [0.29, 0.717) is 12.2 Å². The average molecular weight is 389 g/mol. The lowest BCUT2D eigenvalue weighted by molar-refractivity contribution is -0.0805. The van der Waals surface area contributed by atoms with Gasteiger partial charge in [-0.25, -0.2) is 4.98 Å². The van der Waals surface area contributed by atoms with Crippen LogP contribution >= 0.6 is 0 Å². The minimum Gasteiger partial charge on any atom is -0.369 e. The normalized spacial score (nSPS) is 21.9. The second-order valence-corrected chi connectivity index (χ2v) is 7.91. The number of fused-ring (bicyclic) bond motifs is 1. The number of para-hydroxylation sites is 1. The highest BCUT2D eigenvalue weighted by molar-refractivity contribution is 6.07. The van der Waals surface area contributed by atoms with Gasteiger partial charge in [0.2, 0.25) is 0 Å². The maximum Gasteiger partial charge on any atom is 0.255 e. The highest BCUT2D eigenvalue weighted by Gasteiger charge is 2.38. The number of amides is 1.